The molecular weight excluding hydrogens is 286 g/mol. The van der Waals surface area contributed by atoms with Gasteiger partial charge in [0.25, 0.3) is 0 Å². The van der Waals surface area contributed by atoms with Gasteiger partial charge in [-0.15, -0.1) is 0 Å². The zero-order valence-electron chi connectivity index (χ0n) is 13.5. The molecule has 1 N–H and O–H groups in total. The second-order valence-electron chi connectivity index (χ2n) is 7.02. The van der Waals surface area contributed by atoms with E-state index in [2.05, 4.69) is 40.3 Å². The van der Waals surface area contributed by atoms with Crippen LogP contribution in [0.25, 0.3) is 0 Å². The van der Waals surface area contributed by atoms with E-state index in [0.717, 1.165) is 19.0 Å². The number of rotatable bonds is 5. The lowest BCUT2D eigenvalue weighted by atomic mass is 9.61. The van der Waals surface area contributed by atoms with Gasteiger partial charge in [0.1, 0.15) is 0 Å². The molecule has 3 atom stereocenters. The molecule has 1 aliphatic carbocycles. The first-order valence-electron chi connectivity index (χ1n) is 8.75. The standard InChI is InChI=1S/C19H25N3O/c23-18(15-22-12-6-11-20-22)14-21-13-17-9-4-5-10-19(17,21)16-7-2-1-3-8-16/h1-3,6-8,11-12,17-18,23H,4-5,9-10,13-15H2/t17-,18-,19-/m1/s1. The van der Waals surface area contributed by atoms with Crippen LogP contribution in [0.15, 0.2) is 48.8 Å². The monoisotopic (exact) mass is 311 g/mol. The van der Waals surface area contributed by atoms with E-state index >= 15 is 0 Å². The van der Waals surface area contributed by atoms with E-state index in [1.54, 1.807) is 6.20 Å². The first-order chi connectivity index (χ1) is 11.3. The lowest BCUT2D eigenvalue weighted by Crippen LogP contribution is -2.67. The summed E-state index contributed by atoms with van der Waals surface area (Å²) in [6.07, 6.45) is 8.48. The zero-order valence-corrected chi connectivity index (χ0v) is 13.5. The van der Waals surface area contributed by atoms with Gasteiger partial charge in [0.05, 0.1) is 18.2 Å². The van der Waals surface area contributed by atoms with E-state index in [-0.39, 0.29) is 11.6 Å². The van der Waals surface area contributed by atoms with Gasteiger partial charge >= 0.3 is 0 Å². The molecule has 23 heavy (non-hydrogen) atoms. The lowest BCUT2D eigenvalue weighted by molar-refractivity contribution is -0.131. The van der Waals surface area contributed by atoms with Crippen molar-refractivity contribution in [3.63, 3.8) is 0 Å². The van der Waals surface area contributed by atoms with E-state index in [9.17, 15) is 5.11 Å². The molecule has 1 aliphatic heterocycles. The largest absolute Gasteiger partial charge is 0.390 e. The Hall–Kier alpha value is -1.65. The van der Waals surface area contributed by atoms with E-state index in [1.165, 1.54) is 31.2 Å². The molecule has 2 heterocycles. The number of hydrogen-bond donors (Lipinski definition) is 1. The number of aliphatic hydroxyl groups excluding tert-OH is 1. The summed E-state index contributed by atoms with van der Waals surface area (Å²) >= 11 is 0. The van der Waals surface area contributed by atoms with Crippen LogP contribution in [-0.2, 0) is 12.1 Å². The fraction of sp³-hybridized carbons (Fsp3) is 0.526. The summed E-state index contributed by atoms with van der Waals surface area (Å²) in [4.78, 5) is 2.51. The maximum atomic E-state index is 10.5. The molecule has 0 radical (unpaired) electrons. The van der Waals surface area contributed by atoms with Crippen LogP contribution >= 0.6 is 0 Å². The van der Waals surface area contributed by atoms with Crippen LogP contribution in [0.2, 0.25) is 0 Å². The highest BCUT2D eigenvalue weighted by atomic mass is 16.3. The third kappa shape index (κ3) is 2.60. The normalized spacial score (nSPS) is 28.8. The Morgan fingerprint density at radius 2 is 2.04 bits per heavy atom. The van der Waals surface area contributed by atoms with Crippen molar-refractivity contribution in [2.24, 2.45) is 5.92 Å². The SMILES string of the molecule is O[C@H](CN1C[C@H]2CCCC[C@@]21c1ccccc1)Cn1cccn1. The van der Waals surface area contributed by atoms with Crippen LogP contribution in [-0.4, -0.2) is 39.0 Å². The highest BCUT2D eigenvalue weighted by molar-refractivity contribution is 5.30. The molecule has 0 spiro atoms. The number of likely N-dealkylation sites (tertiary alicyclic amines) is 1. The summed E-state index contributed by atoms with van der Waals surface area (Å²) in [6.45, 7) is 2.41. The summed E-state index contributed by atoms with van der Waals surface area (Å²) < 4.78 is 1.82. The Kier molecular flexibility index (Phi) is 3.95. The summed E-state index contributed by atoms with van der Waals surface area (Å²) in [6, 6.07) is 12.8. The van der Waals surface area contributed by atoms with Crippen molar-refractivity contribution in [3.8, 4) is 0 Å². The van der Waals surface area contributed by atoms with Crippen LogP contribution in [0.4, 0.5) is 0 Å². The van der Waals surface area contributed by atoms with Crippen LogP contribution in [0.1, 0.15) is 31.2 Å². The molecule has 1 saturated heterocycles. The molecule has 2 aliphatic rings. The quantitative estimate of drug-likeness (QED) is 0.923. The smallest absolute Gasteiger partial charge is 0.0863 e. The number of aliphatic hydroxyl groups is 1. The van der Waals surface area contributed by atoms with Gasteiger partial charge in [-0.3, -0.25) is 9.58 Å². The van der Waals surface area contributed by atoms with E-state index < -0.39 is 0 Å². The van der Waals surface area contributed by atoms with E-state index in [4.69, 9.17) is 0 Å². The van der Waals surface area contributed by atoms with Crippen molar-refractivity contribution in [3.05, 3.63) is 54.4 Å². The summed E-state index contributed by atoms with van der Waals surface area (Å²) in [5, 5.41) is 14.7. The maximum absolute atomic E-state index is 10.5. The van der Waals surface area contributed by atoms with E-state index in [1.807, 2.05) is 16.9 Å². The molecule has 4 rings (SSSR count). The van der Waals surface area contributed by atoms with Crippen molar-refractivity contribution in [1.82, 2.24) is 14.7 Å². The summed E-state index contributed by atoms with van der Waals surface area (Å²) in [5.41, 5.74) is 1.59. The third-order valence-electron chi connectivity index (χ3n) is 5.70. The van der Waals surface area contributed by atoms with Crippen molar-refractivity contribution >= 4 is 0 Å². The third-order valence-corrected chi connectivity index (χ3v) is 5.70. The summed E-state index contributed by atoms with van der Waals surface area (Å²) in [5.74, 6) is 0.746. The minimum absolute atomic E-state index is 0.157. The Balaban J connectivity index is 1.52. The number of hydrogen-bond acceptors (Lipinski definition) is 3. The van der Waals surface area contributed by atoms with Gasteiger partial charge in [-0.25, -0.2) is 0 Å². The molecule has 0 unspecified atom stereocenters. The molecule has 4 nitrogen and oxygen atoms in total. The van der Waals surface area contributed by atoms with Gasteiger partial charge in [-0.2, -0.15) is 5.10 Å². The average molecular weight is 311 g/mol. The molecule has 1 aromatic carbocycles. The fourth-order valence-corrected chi connectivity index (χ4v) is 4.67. The Bertz CT molecular complexity index is 627. The predicted octanol–water partition coefficient (Wildman–Crippen LogP) is 2.65. The number of aromatic nitrogens is 2. The first kappa shape index (κ1) is 14.9. The molecule has 0 amide bonds. The van der Waals surface area contributed by atoms with Crippen molar-refractivity contribution in [2.45, 2.75) is 43.9 Å². The Morgan fingerprint density at radius 3 is 2.78 bits per heavy atom. The molecule has 2 aromatic rings. The highest BCUT2D eigenvalue weighted by Gasteiger charge is 2.54. The number of β-amino-alcohol motifs (C(OH)–C–C–N with tert-alkyl or cyclic N) is 1. The fourth-order valence-electron chi connectivity index (χ4n) is 4.67. The molecule has 122 valence electrons. The van der Waals surface area contributed by atoms with Gasteiger partial charge in [0.15, 0.2) is 0 Å². The van der Waals surface area contributed by atoms with Crippen LogP contribution in [0.3, 0.4) is 0 Å². The second-order valence-corrected chi connectivity index (χ2v) is 7.02. The Morgan fingerprint density at radius 1 is 1.17 bits per heavy atom. The molecule has 0 bridgehead atoms. The van der Waals surface area contributed by atoms with Crippen molar-refractivity contribution in [2.75, 3.05) is 13.1 Å². The number of fused-ring (bicyclic) bond motifs is 1. The molecule has 1 aromatic heterocycles. The van der Waals surface area contributed by atoms with Crippen LogP contribution < -0.4 is 0 Å². The van der Waals surface area contributed by atoms with Crippen molar-refractivity contribution < 1.29 is 5.11 Å². The minimum atomic E-state index is -0.377. The zero-order chi connectivity index (χ0) is 15.7. The molecule has 1 saturated carbocycles. The first-order valence-corrected chi connectivity index (χ1v) is 8.75. The maximum Gasteiger partial charge on any atom is 0.0863 e. The summed E-state index contributed by atoms with van der Waals surface area (Å²) in [7, 11) is 0. The van der Waals surface area contributed by atoms with Crippen molar-refractivity contribution in [1.29, 1.82) is 0 Å². The van der Waals surface area contributed by atoms with Gasteiger partial charge < -0.3 is 5.11 Å². The van der Waals surface area contributed by atoms with E-state index in [0.29, 0.717) is 6.54 Å². The van der Waals surface area contributed by atoms with Gasteiger partial charge in [-0.05, 0) is 30.4 Å². The molecule has 2 fully saturated rings. The average Bonchev–Trinajstić information content (AvgIpc) is 3.06. The highest BCUT2D eigenvalue weighted by Crippen LogP contribution is 2.53. The predicted molar refractivity (Wildman–Crippen MR) is 89.9 cm³/mol. The van der Waals surface area contributed by atoms with Crippen LogP contribution in [0.5, 0.6) is 0 Å². The molecule has 4 heteroatoms. The minimum Gasteiger partial charge on any atom is -0.390 e. The lowest BCUT2D eigenvalue weighted by Gasteiger charge is -2.62. The number of nitrogens with zero attached hydrogens (tertiary/aromatic N) is 3. The molecular formula is C19H25N3O. The Labute approximate surface area is 137 Å². The number of benzene rings is 1. The van der Waals surface area contributed by atoms with Gasteiger partial charge in [0, 0.05) is 25.5 Å². The van der Waals surface area contributed by atoms with Crippen LogP contribution in [0, 0.1) is 5.92 Å². The second kappa shape index (κ2) is 6.10. The van der Waals surface area contributed by atoms with Gasteiger partial charge in [-0.1, -0.05) is 43.2 Å². The topological polar surface area (TPSA) is 41.3 Å². The van der Waals surface area contributed by atoms with Gasteiger partial charge in [0.2, 0.25) is 0 Å².